The second kappa shape index (κ2) is 8.88. The predicted molar refractivity (Wildman–Crippen MR) is 80.6 cm³/mol. The lowest BCUT2D eigenvalue weighted by Crippen LogP contribution is -2.38. The Morgan fingerprint density at radius 3 is 2.68 bits per heavy atom. The summed E-state index contributed by atoms with van der Waals surface area (Å²) in [6.07, 6.45) is 4.95. The number of nitrogens with two attached hydrogens (primary N) is 1. The zero-order valence-electron chi connectivity index (χ0n) is 12.4. The molecule has 0 saturated carbocycles. The maximum Gasteiger partial charge on any atom is 0.132 e. The van der Waals surface area contributed by atoms with Gasteiger partial charge in [0.05, 0.1) is 6.61 Å². The van der Waals surface area contributed by atoms with Crippen LogP contribution in [-0.2, 0) is 11.2 Å². The van der Waals surface area contributed by atoms with Gasteiger partial charge in [0.2, 0.25) is 0 Å². The zero-order valence-corrected chi connectivity index (χ0v) is 12.4. The maximum atomic E-state index is 5.70. The third-order valence-electron chi connectivity index (χ3n) is 3.47. The van der Waals surface area contributed by atoms with Crippen LogP contribution < -0.4 is 10.6 Å². The summed E-state index contributed by atoms with van der Waals surface area (Å²) in [5, 5.41) is 0. The van der Waals surface area contributed by atoms with Crippen molar-refractivity contribution < 1.29 is 4.74 Å². The summed E-state index contributed by atoms with van der Waals surface area (Å²) in [5.41, 5.74) is 6.93. The Morgan fingerprint density at radius 2 is 2.11 bits per heavy atom. The van der Waals surface area contributed by atoms with Crippen molar-refractivity contribution in [3.05, 3.63) is 23.9 Å². The van der Waals surface area contributed by atoms with Gasteiger partial charge in [0.1, 0.15) is 5.82 Å². The molecule has 0 aliphatic rings. The topological polar surface area (TPSA) is 51.4 Å². The van der Waals surface area contributed by atoms with E-state index in [1.807, 2.05) is 12.3 Å². The van der Waals surface area contributed by atoms with Crippen LogP contribution >= 0.6 is 0 Å². The molecule has 1 aromatic heterocycles. The summed E-state index contributed by atoms with van der Waals surface area (Å²) in [6, 6.07) is 4.61. The molecule has 0 aliphatic heterocycles. The fourth-order valence-corrected chi connectivity index (χ4v) is 2.42. The number of methoxy groups -OCH3 is 1. The molecule has 0 spiro atoms. The van der Waals surface area contributed by atoms with Gasteiger partial charge in [0, 0.05) is 25.9 Å². The quantitative estimate of drug-likeness (QED) is 0.744. The van der Waals surface area contributed by atoms with E-state index in [0.29, 0.717) is 12.6 Å². The highest BCUT2D eigenvalue weighted by Crippen LogP contribution is 2.22. The number of hydrogen-bond acceptors (Lipinski definition) is 4. The number of ether oxygens (including phenoxy) is 1. The number of pyridine rings is 1. The van der Waals surface area contributed by atoms with E-state index >= 15 is 0 Å². The number of nitrogens with zero attached hydrogens (tertiary/aromatic N) is 2. The van der Waals surface area contributed by atoms with Gasteiger partial charge in [0.15, 0.2) is 0 Å². The summed E-state index contributed by atoms with van der Waals surface area (Å²) in [4.78, 5) is 6.95. The predicted octanol–water partition coefficient (Wildman–Crippen LogP) is 2.22. The van der Waals surface area contributed by atoms with Gasteiger partial charge in [-0.1, -0.05) is 19.9 Å². The molecule has 1 aromatic rings. The minimum Gasteiger partial charge on any atom is -0.383 e. The molecular formula is C15H27N3O. The van der Waals surface area contributed by atoms with Crippen molar-refractivity contribution in [1.29, 1.82) is 0 Å². The van der Waals surface area contributed by atoms with Gasteiger partial charge in [-0.05, 0) is 37.4 Å². The van der Waals surface area contributed by atoms with E-state index in [1.165, 1.54) is 5.56 Å². The molecule has 1 heterocycles. The Labute approximate surface area is 117 Å². The van der Waals surface area contributed by atoms with Crippen molar-refractivity contribution in [1.82, 2.24) is 4.98 Å². The highest BCUT2D eigenvalue weighted by molar-refractivity contribution is 5.48. The van der Waals surface area contributed by atoms with E-state index in [2.05, 4.69) is 29.8 Å². The molecule has 2 N–H and O–H groups in total. The summed E-state index contributed by atoms with van der Waals surface area (Å²) >= 11 is 0. The first-order valence-corrected chi connectivity index (χ1v) is 7.17. The van der Waals surface area contributed by atoms with Crippen molar-refractivity contribution >= 4 is 5.82 Å². The lowest BCUT2D eigenvalue weighted by Gasteiger charge is -2.33. The molecule has 0 unspecified atom stereocenters. The molecule has 0 amide bonds. The third kappa shape index (κ3) is 4.48. The molecular weight excluding hydrogens is 238 g/mol. The number of rotatable bonds is 9. The molecule has 0 bridgehead atoms. The molecule has 0 aliphatic carbocycles. The second-order valence-corrected chi connectivity index (χ2v) is 4.68. The summed E-state index contributed by atoms with van der Waals surface area (Å²) in [6.45, 7) is 6.69. The smallest absolute Gasteiger partial charge is 0.132 e. The number of anilines is 1. The molecule has 0 aromatic carbocycles. The Bertz CT molecular complexity index is 353. The first-order chi connectivity index (χ1) is 9.28. The minimum absolute atomic E-state index is 0.501. The molecule has 0 radical (unpaired) electrons. The average molecular weight is 265 g/mol. The van der Waals surface area contributed by atoms with Crippen molar-refractivity contribution in [3.8, 4) is 0 Å². The van der Waals surface area contributed by atoms with E-state index in [1.54, 1.807) is 7.11 Å². The number of aromatic nitrogens is 1. The van der Waals surface area contributed by atoms with Crippen molar-refractivity contribution in [2.75, 3.05) is 31.7 Å². The van der Waals surface area contributed by atoms with E-state index in [0.717, 1.165) is 38.2 Å². The Kier molecular flexibility index (Phi) is 7.45. The van der Waals surface area contributed by atoms with Crippen LogP contribution in [0.1, 0.15) is 32.3 Å². The van der Waals surface area contributed by atoms with Crippen LogP contribution in [0, 0.1) is 0 Å². The van der Waals surface area contributed by atoms with Gasteiger partial charge in [-0.2, -0.15) is 0 Å². The lowest BCUT2D eigenvalue weighted by atomic mass is 10.1. The average Bonchev–Trinajstić information content (AvgIpc) is 2.45. The molecule has 19 heavy (non-hydrogen) atoms. The van der Waals surface area contributed by atoms with Crippen LogP contribution in [0.3, 0.4) is 0 Å². The molecule has 108 valence electrons. The first-order valence-electron chi connectivity index (χ1n) is 7.17. The molecule has 4 nitrogen and oxygen atoms in total. The Morgan fingerprint density at radius 1 is 1.37 bits per heavy atom. The second-order valence-electron chi connectivity index (χ2n) is 4.68. The number of hydrogen-bond donors (Lipinski definition) is 1. The molecule has 0 saturated heterocycles. The fourth-order valence-electron chi connectivity index (χ4n) is 2.42. The normalized spacial score (nSPS) is 11.0. The van der Waals surface area contributed by atoms with E-state index < -0.39 is 0 Å². The largest absolute Gasteiger partial charge is 0.383 e. The van der Waals surface area contributed by atoms with Crippen molar-refractivity contribution in [2.45, 2.75) is 39.2 Å². The van der Waals surface area contributed by atoms with Gasteiger partial charge >= 0.3 is 0 Å². The van der Waals surface area contributed by atoms with Gasteiger partial charge in [-0.15, -0.1) is 0 Å². The molecule has 4 heteroatoms. The SMILES string of the molecule is CCC(CC)N(CCOC)c1ncccc1CCN. The zero-order chi connectivity index (χ0) is 14.1. The van der Waals surface area contributed by atoms with Crippen molar-refractivity contribution in [3.63, 3.8) is 0 Å². The first kappa shape index (κ1) is 15.9. The van der Waals surface area contributed by atoms with Crippen LogP contribution in [-0.4, -0.2) is 37.8 Å². The molecule has 0 fully saturated rings. The lowest BCUT2D eigenvalue weighted by molar-refractivity contribution is 0.202. The van der Waals surface area contributed by atoms with E-state index in [4.69, 9.17) is 10.5 Å². The van der Waals surface area contributed by atoms with E-state index in [-0.39, 0.29) is 0 Å². The Hall–Kier alpha value is -1.13. The van der Waals surface area contributed by atoms with Crippen LogP contribution in [0.25, 0.3) is 0 Å². The van der Waals surface area contributed by atoms with Crippen LogP contribution in [0.15, 0.2) is 18.3 Å². The maximum absolute atomic E-state index is 5.70. The summed E-state index contributed by atoms with van der Waals surface area (Å²) in [5.74, 6) is 1.07. The Balaban J connectivity index is 3.01. The highest BCUT2D eigenvalue weighted by atomic mass is 16.5. The van der Waals surface area contributed by atoms with Crippen LogP contribution in [0.5, 0.6) is 0 Å². The van der Waals surface area contributed by atoms with Gasteiger partial charge < -0.3 is 15.4 Å². The van der Waals surface area contributed by atoms with Crippen LogP contribution in [0.4, 0.5) is 5.82 Å². The summed E-state index contributed by atoms with van der Waals surface area (Å²) in [7, 11) is 1.74. The highest BCUT2D eigenvalue weighted by Gasteiger charge is 2.19. The van der Waals surface area contributed by atoms with Crippen LogP contribution in [0.2, 0.25) is 0 Å². The van der Waals surface area contributed by atoms with E-state index in [9.17, 15) is 0 Å². The van der Waals surface area contributed by atoms with Gasteiger partial charge in [0.25, 0.3) is 0 Å². The molecule has 1 rings (SSSR count). The third-order valence-corrected chi connectivity index (χ3v) is 3.47. The van der Waals surface area contributed by atoms with Crippen molar-refractivity contribution in [2.24, 2.45) is 5.73 Å². The standard InChI is InChI=1S/C15H27N3O/c1-4-14(5-2)18(11-12-19-3)15-13(8-9-16)7-6-10-17-15/h6-7,10,14H,4-5,8-9,11-12,16H2,1-3H3. The van der Waals surface area contributed by atoms with Gasteiger partial charge in [-0.3, -0.25) is 0 Å². The monoisotopic (exact) mass is 265 g/mol. The fraction of sp³-hybridized carbons (Fsp3) is 0.667. The van der Waals surface area contributed by atoms with Gasteiger partial charge in [-0.25, -0.2) is 4.98 Å². The summed E-state index contributed by atoms with van der Waals surface area (Å²) < 4.78 is 5.24. The molecule has 0 atom stereocenters. The minimum atomic E-state index is 0.501.